The fourth-order valence-corrected chi connectivity index (χ4v) is 0.931. The number of hydrogen-bond acceptors (Lipinski definition) is 0. The number of aromatic nitrogens is 2. The Hall–Kier alpha value is -0.320. The smallest absolute Gasteiger partial charge is 0.237 e. The van der Waals surface area contributed by atoms with E-state index in [1.807, 2.05) is 19.3 Å². The van der Waals surface area contributed by atoms with Gasteiger partial charge in [0, 0.05) is 6.92 Å². The molecule has 1 aromatic heterocycles. The van der Waals surface area contributed by atoms with E-state index in [9.17, 15) is 0 Å². The third-order valence-corrected chi connectivity index (χ3v) is 1.72. The second-order valence-corrected chi connectivity index (χ2v) is 2.40. The Morgan fingerprint density at radius 3 is 2.73 bits per heavy atom. The number of imidazole rings is 1. The Morgan fingerprint density at radius 1 is 1.73 bits per heavy atom. The molecular formula is C8H14IN2+. The molecule has 3 heteroatoms. The Balaban J connectivity index is 0.000001000. The van der Waals surface area contributed by atoms with Crippen molar-refractivity contribution >= 4 is 24.0 Å². The summed E-state index contributed by atoms with van der Waals surface area (Å²) >= 11 is 0. The van der Waals surface area contributed by atoms with Gasteiger partial charge in [-0.05, 0) is 0 Å². The lowest BCUT2D eigenvalue weighted by atomic mass is 10.5. The standard InChI is InChI=1S/C8H13N2.HI/c1-4-5-10-7-6-9(3)8(10)2;/h4,6-7H,1,5H2,2-3H3;1H/q+1;. The maximum absolute atomic E-state index is 3.68. The molecule has 0 aliphatic heterocycles. The third-order valence-electron chi connectivity index (χ3n) is 1.72. The van der Waals surface area contributed by atoms with Crippen LogP contribution in [0.4, 0.5) is 0 Å². The first-order chi connectivity index (χ1) is 4.75. The normalized spacial score (nSPS) is 8.91. The van der Waals surface area contributed by atoms with Crippen molar-refractivity contribution in [1.82, 2.24) is 4.57 Å². The van der Waals surface area contributed by atoms with Crippen molar-refractivity contribution < 1.29 is 4.57 Å². The first kappa shape index (κ1) is 10.7. The molecule has 0 radical (unpaired) electrons. The molecule has 0 aliphatic carbocycles. The summed E-state index contributed by atoms with van der Waals surface area (Å²) in [6.07, 6.45) is 5.99. The number of nitrogens with zero attached hydrogens (tertiary/aromatic N) is 2. The number of rotatable bonds is 2. The molecule has 0 spiro atoms. The molecule has 0 bridgehead atoms. The molecule has 1 heterocycles. The molecule has 1 aromatic rings. The highest BCUT2D eigenvalue weighted by Crippen LogP contribution is 1.91. The number of hydrogen-bond donors (Lipinski definition) is 0. The zero-order valence-electron chi connectivity index (χ0n) is 6.95. The first-order valence-electron chi connectivity index (χ1n) is 3.38. The summed E-state index contributed by atoms with van der Waals surface area (Å²) in [5.74, 6) is 1.25. The van der Waals surface area contributed by atoms with Crippen LogP contribution < -0.4 is 4.57 Å². The first-order valence-corrected chi connectivity index (χ1v) is 3.38. The van der Waals surface area contributed by atoms with Gasteiger partial charge in [0.1, 0.15) is 18.9 Å². The monoisotopic (exact) mass is 265 g/mol. The van der Waals surface area contributed by atoms with E-state index in [4.69, 9.17) is 0 Å². The van der Waals surface area contributed by atoms with Crippen molar-refractivity contribution in [1.29, 1.82) is 0 Å². The van der Waals surface area contributed by atoms with E-state index < -0.39 is 0 Å². The van der Waals surface area contributed by atoms with Gasteiger partial charge < -0.3 is 0 Å². The molecule has 62 valence electrons. The third kappa shape index (κ3) is 2.32. The second-order valence-electron chi connectivity index (χ2n) is 2.40. The summed E-state index contributed by atoms with van der Waals surface area (Å²) in [5.41, 5.74) is 0. The lowest BCUT2D eigenvalue weighted by Crippen LogP contribution is -2.29. The van der Waals surface area contributed by atoms with Crippen LogP contribution in [0.5, 0.6) is 0 Å². The molecule has 11 heavy (non-hydrogen) atoms. The van der Waals surface area contributed by atoms with Crippen LogP contribution in [0.15, 0.2) is 25.0 Å². The second kappa shape index (κ2) is 4.54. The van der Waals surface area contributed by atoms with Crippen LogP contribution in [0.2, 0.25) is 0 Å². The van der Waals surface area contributed by atoms with E-state index in [1.165, 1.54) is 5.82 Å². The molecule has 0 N–H and O–H groups in total. The Morgan fingerprint density at radius 2 is 2.36 bits per heavy atom. The summed E-state index contributed by atoms with van der Waals surface area (Å²) in [6.45, 7) is 6.66. The van der Waals surface area contributed by atoms with Crippen molar-refractivity contribution in [2.24, 2.45) is 7.05 Å². The molecule has 0 saturated heterocycles. The summed E-state index contributed by atoms with van der Waals surface area (Å²) in [5, 5.41) is 0. The van der Waals surface area contributed by atoms with Gasteiger partial charge in [-0.3, -0.25) is 0 Å². The Labute approximate surface area is 84.6 Å². The maximum atomic E-state index is 3.68. The highest BCUT2D eigenvalue weighted by Gasteiger charge is 2.04. The average molecular weight is 265 g/mol. The van der Waals surface area contributed by atoms with Crippen molar-refractivity contribution in [2.75, 3.05) is 0 Å². The predicted molar refractivity (Wildman–Crippen MR) is 56.0 cm³/mol. The minimum Gasteiger partial charge on any atom is -0.237 e. The van der Waals surface area contributed by atoms with Gasteiger partial charge in [0.2, 0.25) is 0 Å². The van der Waals surface area contributed by atoms with Crippen molar-refractivity contribution in [3.05, 3.63) is 30.9 Å². The van der Waals surface area contributed by atoms with E-state index >= 15 is 0 Å². The van der Waals surface area contributed by atoms with Gasteiger partial charge in [-0.2, -0.15) is 0 Å². The average Bonchev–Trinajstić information content (AvgIpc) is 2.20. The number of aryl methyl sites for hydroxylation is 1. The molecule has 1 rings (SSSR count). The van der Waals surface area contributed by atoms with Crippen LogP contribution in [-0.2, 0) is 13.6 Å². The van der Waals surface area contributed by atoms with Gasteiger partial charge in [-0.25, -0.2) is 9.13 Å². The fraction of sp³-hybridized carbons (Fsp3) is 0.375. The summed E-state index contributed by atoms with van der Waals surface area (Å²) in [7, 11) is 2.04. The van der Waals surface area contributed by atoms with Gasteiger partial charge in [-0.15, -0.1) is 24.0 Å². The number of halogens is 1. The van der Waals surface area contributed by atoms with Gasteiger partial charge >= 0.3 is 0 Å². The van der Waals surface area contributed by atoms with Crippen LogP contribution in [-0.4, -0.2) is 4.57 Å². The molecule has 0 saturated carbocycles. The molecule has 0 aliphatic rings. The van der Waals surface area contributed by atoms with E-state index in [2.05, 4.69) is 28.8 Å². The van der Waals surface area contributed by atoms with Crippen molar-refractivity contribution in [3.63, 3.8) is 0 Å². The quantitative estimate of drug-likeness (QED) is 0.434. The largest absolute Gasteiger partial charge is 0.253 e. The van der Waals surface area contributed by atoms with Crippen LogP contribution in [0.3, 0.4) is 0 Å². The lowest BCUT2D eigenvalue weighted by Gasteiger charge is -1.91. The summed E-state index contributed by atoms with van der Waals surface area (Å²) in [4.78, 5) is 0. The minimum absolute atomic E-state index is 0. The SMILES string of the molecule is C=CCn1cc[n+](C)c1C.I. The topological polar surface area (TPSA) is 8.81 Å². The number of allylic oxidation sites excluding steroid dienone is 1. The van der Waals surface area contributed by atoms with Gasteiger partial charge in [-0.1, -0.05) is 12.7 Å². The van der Waals surface area contributed by atoms with Crippen LogP contribution >= 0.6 is 24.0 Å². The molecular weight excluding hydrogens is 251 g/mol. The highest BCUT2D eigenvalue weighted by molar-refractivity contribution is 14.0. The zero-order chi connectivity index (χ0) is 7.56. The zero-order valence-corrected chi connectivity index (χ0v) is 9.28. The Bertz CT molecular complexity index is 240. The van der Waals surface area contributed by atoms with Gasteiger partial charge in [0.15, 0.2) is 0 Å². The lowest BCUT2D eigenvalue weighted by molar-refractivity contribution is -0.677. The summed E-state index contributed by atoms with van der Waals surface area (Å²) in [6, 6.07) is 0. The van der Waals surface area contributed by atoms with E-state index in [1.54, 1.807) is 0 Å². The molecule has 0 unspecified atom stereocenters. The molecule has 0 atom stereocenters. The maximum Gasteiger partial charge on any atom is 0.253 e. The summed E-state index contributed by atoms with van der Waals surface area (Å²) < 4.78 is 4.23. The molecule has 2 nitrogen and oxygen atoms in total. The molecule has 0 aromatic carbocycles. The van der Waals surface area contributed by atoms with Crippen molar-refractivity contribution in [3.8, 4) is 0 Å². The van der Waals surface area contributed by atoms with E-state index in [-0.39, 0.29) is 24.0 Å². The van der Waals surface area contributed by atoms with Crippen LogP contribution in [0.25, 0.3) is 0 Å². The van der Waals surface area contributed by atoms with Crippen molar-refractivity contribution in [2.45, 2.75) is 13.5 Å². The molecule has 0 fully saturated rings. The van der Waals surface area contributed by atoms with Crippen LogP contribution in [0, 0.1) is 6.92 Å². The van der Waals surface area contributed by atoms with Gasteiger partial charge in [0.25, 0.3) is 5.82 Å². The Kier molecular flexibility index (Phi) is 4.40. The van der Waals surface area contributed by atoms with E-state index in [0.717, 1.165) is 6.54 Å². The predicted octanol–water partition coefficient (Wildman–Crippen LogP) is 1.43. The highest BCUT2D eigenvalue weighted by atomic mass is 127. The fourth-order valence-electron chi connectivity index (χ4n) is 0.931. The van der Waals surface area contributed by atoms with Crippen LogP contribution in [0.1, 0.15) is 5.82 Å². The molecule has 0 amide bonds. The van der Waals surface area contributed by atoms with Gasteiger partial charge in [0.05, 0.1) is 7.05 Å². The van der Waals surface area contributed by atoms with E-state index in [0.29, 0.717) is 0 Å². The minimum atomic E-state index is 0.